The van der Waals surface area contributed by atoms with Crippen LogP contribution in [0.2, 0.25) is 0 Å². The monoisotopic (exact) mass is 622 g/mol. The molecule has 0 spiro atoms. The van der Waals surface area contributed by atoms with Crippen molar-refractivity contribution in [3.8, 4) is 11.3 Å². The molecule has 2 amide bonds. The van der Waals surface area contributed by atoms with Crippen LogP contribution in [0.1, 0.15) is 55.3 Å². The van der Waals surface area contributed by atoms with Crippen LogP contribution in [-0.2, 0) is 49.4 Å². The molecule has 2 aromatic carbocycles. The summed E-state index contributed by atoms with van der Waals surface area (Å²) in [6.07, 6.45) is -5.24. The molecule has 2 aliphatic heterocycles. The standard InChI is InChI=1S/C30H30N4O11/c1-6-34-28(39)20-9-7-8-19-18(10-11-21(24(19)20)29(34)40)22-12-33(32-31-22)13-23-25(41-14(2)35)26(42-15(3)36)27(43-16(4)37)30(45-23)44-17(5)38/h7-12,23,25-27,30H,6,13H2,1-5H3/t23-,25+,26+,27-,30?/m0/s1. The van der Waals surface area contributed by atoms with Gasteiger partial charge in [-0.25, -0.2) is 4.68 Å². The van der Waals surface area contributed by atoms with E-state index in [2.05, 4.69) is 10.3 Å². The summed E-state index contributed by atoms with van der Waals surface area (Å²) in [7, 11) is 0. The molecular formula is C30H30N4O11. The van der Waals surface area contributed by atoms with Crippen molar-refractivity contribution < 1.29 is 52.5 Å². The Morgan fingerprint density at radius 1 is 0.778 bits per heavy atom. The minimum Gasteiger partial charge on any atom is -0.456 e. The third kappa shape index (κ3) is 6.11. The van der Waals surface area contributed by atoms with E-state index in [0.29, 0.717) is 33.2 Å². The van der Waals surface area contributed by atoms with Gasteiger partial charge in [0.2, 0.25) is 12.4 Å². The lowest BCUT2D eigenvalue weighted by molar-refractivity contribution is -0.297. The minimum absolute atomic E-state index is 0.142. The maximum Gasteiger partial charge on any atom is 0.305 e. The second-order valence-electron chi connectivity index (χ2n) is 10.4. The van der Waals surface area contributed by atoms with Crippen molar-refractivity contribution in [2.24, 2.45) is 0 Å². The first-order valence-corrected chi connectivity index (χ1v) is 14.1. The first-order valence-electron chi connectivity index (χ1n) is 14.1. The molecule has 45 heavy (non-hydrogen) atoms. The van der Waals surface area contributed by atoms with Crippen LogP contribution < -0.4 is 0 Å². The number of amides is 2. The van der Waals surface area contributed by atoms with E-state index in [1.54, 1.807) is 43.5 Å². The van der Waals surface area contributed by atoms with Gasteiger partial charge in [-0.3, -0.25) is 33.7 Å². The summed E-state index contributed by atoms with van der Waals surface area (Å²) in [5.41, 5.74) is 1.78. The summed E-state index contributed by atoms with van der Waals surface area (Å²) >= 11 is 0. The van der Waals surface area contributed by atoms with Crippen LogP contribution in [0.3, 0.4) is 0 Å². The predicted octanol–water partition coefficient (Wildman–Crippen LogP) is 1.80. The first kappa shape index (κ1) is 31.3. The number of imide groups is 1. The molecule has 0 radical (unpaired) electrons. The second-order valence-corrected chi connectivity index (χ2v) is 10.4. The maximum atomic E-state index is 13.0. The Balaban J connectivity index is 1.51. The maximum absolute atomic E-state index is 13.0. The summed E-state index contributed by atoms with van der Waals surface area (Å²) in [5.74, 6) is -3.85. The van der Waals surface area contributed by atoms with Crippen molar-refractivity contribution in [3.05, 3.63) is 47.7 Å². The molecule has 3 heterocycles. The van der Waals surface area contributed by atoms with Gasteiger partial charge in [0.25, 0.3) is 11.8 Å². The van der Waals surface area contributed by atoms with E-state index in [1.165, 1.54) is 9.58 Å². The number of ether oxygens (including phenoxy) is 5. The molecule has 0 aliphatic carbocycles. The molecule has 5 atom stereocenters. The number of aromatic nitrogens is 3. The van der Waals surface area contributed by atoms with E-state index >= 15 is 0 Å². The SMILES string of the molecule is CCN1C(=O)c2cccc3c(-c4cn(C[C@@H]5OC(OC(C)=O)[C@@H](OC(C)=O)[C@H](OC(C)=O)[C@@H]5OC(C)=O)nn4)ccc(c23)C1=O. The molecule has 15 heteroatoms. The fourth-order valence-corrected chi connectivity index (χ4v) is 5.61. The Bertz CT molecular complexity index is 1690. The molecule has 1 saturated heterocycles. The van der Waals surface area contributed by atoms with Crippen molar-refractivity contribution in [2.45, 2.75) is 71.9 Å². The zero-order valence-electron chi connectivity index (χ0n) is 25.0. The number of hydrogen-bond acceptors (Lipinski definition) is 13. The van der Waals surface area contributed by atoms with Gasteiger partial charge in [-0.05, 0) is 24.4 Å². The number of rotatable bonds is 8. The van der Waals surface area contributed by atoms with Gasteiger partial charge in [-0.15, -0.1) is 5.10 Å². The molecular weight excluding hydrogens is 592 g/mol. The highest BCUT2D eigenvalue weighted by atomic mass is 16.7. The first-order chi connectivity index (χ1) is 21.4. The topological polar surface area (TPSA) is 183 Å². The van der Waals surface area contributed by atoms with E-state index in [-0.39, 0.29) is 24.9 Å². The Hall–Kier alpha value is -5.18. The van der Waals surface area contributed by atoms with Crippen LogP contribution in [0.5, 0.6) is 0 Å². The quantitative estimate of drug-likeness (QED) is 0.202. The van der Waals surface area contributed by atoms with Crippen LogP contribution in [0.25, 0.3) is 22.0 Å². The molecule has 0 saturated carbocycles. The lowest BCUT2D eigenvalue weighted by Crippen LogP contribution is -2.62. The second kappa shape index (κ2) is 12.4. The summed E-state index contributed by atoms with van der Waals surface area (Å²) in [4.78, 5) is 75.2. The van der Waals surface area contributed by atoms with Crippen LogP contribution in [-0.4, -0.2) is 92.8 Å². The number of hydrogen-bond donors (Lipinski definition) is 0. The van der Waals surface area contributed by atoms with E-state index in [9.17, 15) is 28.8 Å². The third-order valence-electron chi connectivity index (χ3n) is 7.27. The van der Waals surface area contributed by atoms with Gasteiger partial charge in [0.1, 0.15) is 11.8 Å². The Morgan fingerprint density at radius 2 is 1.36 bits per heavy atom. The molecule has 5 rings (SSSR count). The van der Waals surface area contributed by atoms with Gasteiger partial charge in [-0.1, -0.05) is 23.4 Å². The normalized spacial score (nSPS) is 22.6. The molecule has 2 aliphatic rings. The lowest BCUT2D eigenvalue weighted by Gasteiger charge is -2.43. The van der Waals surface area contributed by atoms with Crippen molar-refractivity contribution in [2.75, 3.05) is 6.54 Å². The minimum atomic E-state index is -1.52. The average molecular weight is 623 g/mol. The largest absolute Gasteiger partial charge is 0.456 e. The molecule has 1 fully saturated rings. The fraction of sp³-hybridized carbons (Fsp3) is 0.400. The predicted molar refractivity (Wildman–Crippen MR) is 151 cm³/mol. The lowest BCUT2D eigenvalue weighted by atomic mass is 9.90. The van der Waals surface area contributed by atoms with Crippen molar-refractivity contribution >= 4 is 46.5 Å². The van der Waals surface area contributed by atoms with E-state index < -0.39 is 54.6 Å². The van der Waals surface area contributed by atoms with Gasteiger partial charge in [0, 0.05) is 56.3 Å². The van der Waals surface area contributed by atoms with Gasteiger partial charge in [-0.2, -0.15) is 0 Å². The van der Waals surface area contributed by atoms with Crippen LogP contribution in [0, 0.1) is 0 Å². The number of carbonyl (C=O) groups is 6. The molecule has 15 nitrogen and oxygen atoms in total. The Labute approximate surface area is 256 Å². The highest BCUT2D eigenvalue weighted by Gasteiger charge is 2.53. The van der Waals surface area contributed by atoms with Gasteiger partial charge in [0.15, 0.2) is 12.2 Å². The third-order valence-corrected chi connectivity index (χ3v) is 7.27. The Morgan fingerprint density at radius 3 is 1.98 bits per heavy atom. The van der Waals surface area contributed by atoms with Crippen LogP contribution >= 0.6 is 0 Å². The molecule has 0 N–H and O–H groups in total. The van der Waals surface area contributed by atoms with Crippen LogP contribution in [0.15, 0.2) is 36.5 Å². The van der Waals surface area contributed by atoms with E-state index in [4.69, 9.17) is 23.7 Å². The van der Waals surface area contributed by atoms with Gasteiger partial charge in [0.05, 0.1) is 12.7 Å². The summed E-state index contributed by atoms with van der Waals surface area (Å²) in [6, 6.07) is 8.53. The molecule has 1 aromatic heterocycles. The zero-order valence-corrected chi connectivity index (χ0v) is 25.0. The zero-order chi connectivity index (χ0) is 32.6. The van der Waals surface area contributed by atoms with Gasteiger partial charge < -0.3 is 23.7 Å². The average Bonchev–Trinajstić information content (AvgIpc) is 3.42. The summed E-state index contributed by atoms with van der Waals surface area (Å²) < 4.78 is 28.8. The Kier molecular flexibility index (Phi) is 8.64. The summed E-state index contributed by atoms with van der Waals surface area (Å²) in [5, 5.41) is 9.60. The van der Waals surface area contributed by atoms with Crippen LogP contribution in [0.4, 0.5) is 0 Å². The van der Waals surface area contributed by atoms with Crippen molar-refractivity contribution in [1.82, 2.24) is 19.9 Å². The number of benzene rings is 2. The van der Waals surface area contributed by atoms with E-state index in [0.717, 1.165) is 27.7 Å². The number of carbonyl (C=O) groups excluding carboxylic acids is 6. The molecule has 236 valence electrons. The molecule has 0 bridgehead atoms. The van der Waals surface area contributed by atoms with E-state index in [1.807, 2.05) is 0 Å². The highest BCUT2D eigenvalue weighted by molar-refractivity contribution is 6.26. The molecule has 3 aromatic rings. The van der Waals surface area contributed by atoms with Crippen molar-refractivity contribution in [1.29, 1.82) is 0 Å². The highest BCUT2D eigenvalue weighted by Crippen LogP contribution is 2.36. The smallest absolute Gasteiger partial charge is 0.305 e. The van der Waals surface area contributed by atoms with Crippen molar-refractivity contribution in [3.63, 3.8) is 0 Å². The number of nitrogens with zero attached hydrogens (tertiary/aromatic N) is 4. The van der Waals surface area contributed by atoms with Gasteiger partial charge >= 0.3 is 23.9 Å². The summed E-state index contributed by atoms with van der Waals surface area (Å²) in [6.45, 7) is 6.30. The fourth-order valence-electron chi connectivity index (χ4n) is 5.61. The molecule has 1 unspecified atom stereocenters. The number of esters is 4.